The van der Waals surface area contributed by atoms with Crippen LogP contribution in [0.15, 0.2) is 0 Å². The van der Waals surface area contributed by atoms with Crippen molar-refractivity contribution in [1.29, 1.82) is 0 Å². The van der Waals surface area contributed by atoms with Crippen molar-refractivity contribution in [3.63, 3.8) is 0 Å². The maximum Gasteiger partial charge on any atom is 0.321 e. The average Bonchev–Trinajstić information content (AvgIpc) is 2.10. The van der Waals surface area contributed by atoms with Gasteiger partial charge in [0.05, 0.1) is 5.75 Å². The van der Waals surface area contributed by atoms with Gasteiger partial charge in [-0.15, -0.1) is 0 Å². The summed E-state index contributed by atoms with van der Waals surface area (Å²) in [7, 11) is -3.50. The van der Waals surface area contributed by atoms with Crippen LogP contribution in [0.5, 0.6) is 0 Å². The summed E-state index contributed by atoms with van der Waals surface area (Å²) >= 11 is 0. The molecule has 0 rings (SSSR count). The Kier molecular flexibility index (Phi) is 5.96. The van der Waals surface area contributed by atoms with Gasteiger partial charge in [0.2, 0.25) is 10.0 Å². The number of sulfonamides is 1. The molecule has 0 saturated carbocycles. The fraction of sp³-hybridized carbons (Fsp3) is 0.900. The van der Waals surface area contributed by atoms with E-state index in [1.807, 2.05) is 13.8 Å². The molecule has 0 aromatic rings. The van der Waals surface area contributed by atoms with Gasteiger partial charge < -0.3 is 5.11 Å². The molecule has 0 heterocycles. The lowest BCUT2D eigenvalue weighted by molar-refractivity contribution is -0.140. The number of carboxylic acids is 1. The summed E-state index contributed by atoms with van der Waals surface area (Å²) in [6.45, 7) is 7.19. The van der Waals surface area contributed by atoms with Crippen molar-refractivity contribution in [1.82, 2.24) is 4.72 Å². The molecule has 1 atom stereocenters. The van der Waals surface area contributed by atoms with Crippen molar-refractivity contribution in [2.45, 2.75) is 40.2 Å². The van der Waals surface area contributed by atoms with Gasteiger partial charge in [-0.1, -0.05) is 27.7 Å². The predicted molar refractivity (Wildman–Crippen MR) is 62.6 cm³/mol. The zero-order chi connectivity index (χ0) is 12.9. The van der Waals surface area contributed by atoms with E-state index < -0.39 is 22.0 Å². The lowest BCUT2D eigenvalue weighted by Gasteiger charge is -2.18. The van der Waals surface area contributed by atoms with Crippen molar-refractivity contribution < 1.29 is 18.3 Å². The Morgan fingerprint density at radius 1 is 1.25 bits per heavy atom. The number of hydrogen-bond acceptors (Lipinski definition) is 3. The van der Waals surface area contributed by atoms with Crippen LogP contribution in [0.2, 0.25) is 0 Å². The fourth-order valence-corrected chi connectivity index (χ4v) is 2.77. The third-order valence-corrected chi connectivity index (χ3v) is 3.59. The molecule has 16 heavy (non-hydrogen) atoms. The predicted octanol–water partition coefficient (Wildman–Crippen LogP) is 1.06. The molecule has 0 aliphatic rings. The molecule has 0 spiro atoms. The molecule has 0 aromatic carbocycles. The molecule has 0 aliphatic heterocycles. The van der Waals surface area contributed by atoms with Crippen molar-refractivity contribution in [2.75, 3.05) is 5.75 Å². The molecule has 2 N–H and O–H groups in total. The third kappa shape index (κ3) is 6.07. The first-order valence-electron chi connectivity index (χ1n) is 5.38. The van der Waals surface area contributed by atoms with Crippen molar-refractivity contribution >= 4 is 16.0 Å². The normalized spacial score (nSPS) is 14.4. The zero-order valence-corrected chi connectivity index (χ0v) is 11.0. The molecule has 0 aliphatic carbocycles. The monoisotopic (exact) mass is 251 g/mol. The number of nitrogens with one attached hydrogen (secondary N) is 1. The highest BCUT2D eigenvalue weighted by Crippen LogP contribution is 2.06. The van der Waals surface area contributed by atoms with Gasteiger partial charge in [0.25, 0.3) is 0 Å². The van der Waals surface area contributed by atoms with Crippen LogP contribution in [0.1, 0.15) is 34.1 Å². The molecular weight excluding hydrogens is 230 g/mol. The van der Waals surface area contributed by atoms with Crippen LogP contribution in [0, 0.1) is 11.8 Å². The first-order valence-corrected chi connectivity index (χ1v) is 7.03. The van der Waals surface area contributed by atoms with Gasteiger partial charge in [-0.3, -0.25) is 4.79 Å². The van der Waals surface area contributed by atoms with Crippen LogP contribution < -0.4 is 4.72 Å². The number of hydrogen-bond donors (Lipinski definition) is 2. The van der Waals surface area contributed by atoms with Gasteiger partial charge in [-0.25, -0.2) is 13.1 Å². The van der Waals surface area contributed by atoms with Crippen LogP contribution in [-0.2, 0) is 14.8 Å². The maximum absolute atomic E-state index is 11.6. The van der Waals surface area contributed by atoms with Crippen LogP contribution >= 0.6 is 0 Å². The quantitative estimate of drug-likeness (QED) is 0.708. The Hall–Kier alpha value is -0.620. The van der Waals surface area contributed by atoms with E-state index in [4.69, 9.17) is 5.11 Å². The SMILES string of the molecule is CC(C)CCS(=O)(=O)N[C@H](C(=O)O)C(C)C. The van der Waals surface area contributed by atoms with Crippen LogP contribution in [-0.4, -0.2) is 31.3 Å². The van der Waals surface area contributed by atoms with E-state index in [0.717, 1.165) is 0 Å². The Labute approximate surface area is 97.3 Å². The summed E-state index contributed by atoms with van der Waals surface area (Å²) in [4.78, 5) is 10.8. The first kappa shape index (κ1) is 15.4. The molecule has 0 unspecified atom stereocenters. The van der Waals surface area contributed by atoms with Crippen LogP contribution in [0.3, 0.4) is 0 Å². The van der Waals surface area contributed by atoms with Gasteiger partial charge in [0.15, 0.2) is 0 Å². The van der Waals surface area contributed by atoms with Gasteiger partial charge in [-0.2, -0.15) is 0 Å². The average molecular weight is 251 g/mol. The smallest absolute Gasteiger partial charge is 0.321 e. The molecule has 0 saturated heterocycles. The summed E-state index contributed by atoms with van der Waals surface area (Å²) in [5, 5.41) is 8.86. The Bertz CT molecular complexity index is 322. The summed E-state index contributed by atoms with van der Waals surface area (Å²) < 4.78 is 25.4. The van der Waals surface area contributed by atoms with E-state index in [1.165, 1.54) is 0 Å². The molecule has 6 heteroatoms. The largest absolute Gasteiger partial charge is 0.480 e. The minimum absolute atomic E-state index is 0.0266. The summed E-state index contributed by atoms with van der Waals surface area (Å²) in [5.41, 5.74) is 0. The second-order valence-corrected chi connectivity index (χ2v) is 6.55. The number of carbonyl (C=O) groups is 1. The Balaban J connectivity index is 4.49. The highest BCUT2D eigenvalue weighted by Gasteiger charge is 2.26. The molecule has 0 aromatic heterocycles. The first-order chi connectivity index (χ1) is 7.15. The topological polar surface area (TPSA) is 83.5 Å². The van der Waals surface area contributed by atoms with E-state index in [2.05, 4.69) is 4.72 Å². The van der Waals surface area contributed by atoms with E-state index >= 15 is 0 Å². The van der Waals surface area contributed by atoms with E-state index in [0.29, 0.717) is 6.42 Å². The molecule has 0 bridgehead atoms. The highest BCUT2D eigenvalue weighted by atomic mass is 32.2. The lowest BCUT2D eigenvalue weighted by Crippen LogP contribution is -2.45. The lowest BCUT2D eigenvalue weighted by atomic mass is 10.1. The van der Waals surface area contributed by atoms with Crippen molar-refractivity contribution in [3.05, 3.63) is 0 Å². The number of aliphatic carboxylic acids is 1. The highest BCUT2D eigenvalue weighted by molar-refractivity contribution is 7.89. The molecular formula is C10H21NO4S. The van der Waals surface area contributed by atoms with E-state index in [1.54, 1.807) is 13.8 Å². The van der Waals surface area contributed by atoms with E-state index in [-0.39, 0.29) is 17.6 Å². The number of carboxylic acid groups (broad SMARTS) is 1. The third-order valence-electron chi connectivity index (χ3n) is 2.20. The Morgan fingerprint density at radius 2 is 1.75 bits per heavy atom. The minimum atomic E-state index is -3.50. The van der Waals surface area contributed by atoms with Gasteiger partial charge in [0, 0.05) is 0 Å². The van der Waals surface area contributed by atoms with Crippen molar-refractivity contribution in [3.8, 4) is 0 Å². The molecule has 0 fully saturated rings. The molecule has 0 amide bonds. The summed E-state index contributed by atoms with van der Waals surface area (Å²) in [5.74, 6) is -1.16. The summed E-state index contributed by atoms with van der Waals surface area (Å²) in [6.07, 6.45) is 0.528. The second kappa shape index (κ2) is 6.20. The van der Waals surface area contributed by atoms with Gasteiger partial charge in [-0.05, 0) is 18.3 Å². The molecule has 5 nitrogen and oxygen atoms in total. The van der Waals surface area contributed by atoms with Gasteiger partial charge in [0.1, 0.15) is 6.04 Å². The van der Waals surface area contributed by atoms with E-state index in [9.17, 15) is 13.2 Å². The molecule has 96 valence electrons. The second-order valence-electron chi connectivity index (χ2n) is 4.68. The van der Waals surface area contributed by atoms with Crippen molar-refractivity contribution in [2.24, 2.45) is 11.8 Å². The fourth-order valence-electron chi connectivity index (χ4n) is 1.11. The Morgan fingerprint density at radius 3 is 2.06 bits per heavy atom. The number of rotatable bonds is 7. The van der Waals surface area contributed by atoms with Crippen LogP contribution in [0.4, 0.5) is 0 Å². The van der Waals surface area contributed by atoms with Crippen LogP contribution in [0.25, 0.3) is 0 Å². The standard InChI is InChI=1S/C10H21NO4S/c1-7(2)5-6-16(14,15)11-9(8(3)4)10(12)13/h7-9,11H,5-6H2,1-4H3,(H,12,13)/t9-/m0/s1. The molecule has 0 radical (unpaired) electrons. The minimum Gasteiger partial charge on any atom is -0.480 e. The maximum atomic E-state index is 11.6. The summed E-state index contributed by atoms with van der Waals surface area (Å²) in [6, 6.07) is -1.04. The van der Waals surface area contributed by atoms with Gasteiger partial charge >= 0.3 is 5.97 Å². The zero-order valence-electron chi connectivity index (χ0n) is 10.2.